The van der Waals surface area contributed by atoms with Crippen LogP contribution in [0.2, 0.25) is 0 Å². The van der Waals surface area contributed by atoms with Gasteiger partial charge in [0.25, 0.3) is 0 Å². The van der Waals surface area contributed by atoms with E-state index in [-0.39, 0.29) is 0 Å². The molecule has 0 amide bonds. The summed E-state index contributed by atoms with van der Waals surface area (Å²) in [4.78, 5) is 17.8. The number of nitrogens with zero attached hydrogens (tertiary/aromatic N) is 4. The number of halogens is 1. The van der Waals surface area contributed by atoms with Crippen molar-refractivity contribution in [2.75, 3.05) is 5.73 Å². The molecule has 0 aliphatic heterocycles. The molecule has 0 aliphatic carbocycles. The molecule has 4 aromatic rings. The predicted octanol–water partition coefficient (Wildman–Crippen LogP) is 5.22. The largest absolute Gasteiger partial charge is 0.383 e. The standard InChI is InChI=1S/C21H18BrN5/c1-12(2)17-7-6-14(10-24-17)18-9-16(13-4-3-5-15(22)8-13)19-20(23)25-11-26-21(19)27-18/h3-12H,1-2H3,(H2,23,25,26,27). The number of hydrogen-bond acceptors (Lipinski definition) is 5. The van der Waals surface area contributed by atoms with Gasteiger partial charge in [-0.05, 0) is 47.4 Å². The van der Waals surface area contributed by atoms with Gasteiger partial charge in [-0.15, -0.1) is 0 Å². The van der Waals surface area contributed by atoms with Crippen LogP contribution in [0.5, 0.6) is 0 Å². The van der Waals surface area contributed by atoms with E-state index in [1.54, 1.807) is 0 Å². The van der Waals surface area contributed by atoms with Crippen LogP contribution in [0, 0.1) is 0 Å². The summed E-state index contributed by atoms with van der Waals surface area (Å²) < 4.78 is 0.991. The van der Waals surface area contributed by atoms with Crippen LogP contribution in [-0.2, 0) is 0 Å². The van der Waals surface area contributed by atoms with Crippen LogP contribution in [0.4, 0.5) is 5.82 Å². The van der Waals surface area contributed by atoms with Crippen LogP contribution < -0.4 is 5.73 Å². The van der Waals surface area contributed by atoms with Gasteiger partial charge in [-0.3, -0.25) is 4.98 Å². The molecule has 0 unspecified atom stereocenters. The molecular weight excluding hydrogens is 402 g/mol. The lowest BCUT2D eigenvalue weighted by Crippen LogP contribution is -1.99. The lowest BCUT2D eigenvalue weighted by molar-refractivity contribution is 0.823. The molecule has 0 bridgehead atoms. The minimum absolute atomic E-state index is 0.383. The van der Waals surface area contributed by atoms with Crippen molar-refractivity contribution in [3.63, 3.8) is 0 Å². The Balaban J connectivity index is 1.95. The highest BCUT2D eigenvalue weighted by Crippen LogP contribution is 2.34. The van der Waals surface area contributed by atoms with Crippen molar-refractivity contribution >= 4 is 32.8 Å². The average molecular weight is 420 g/mol. The second kappa shape index (κ2) is 7.04. The lowest BCUT2D eigenvalue weighted by atomic mass is 10.00. The van der Waals surface area contributed by atoms with Gasteiger partial charge in [0.05, 0.1) is 11.1 Å². The van der Waals surface area contributed by atoms with Gasteiger partial charge in [0.2, 0.25) is 0 Å². The molecule has 0 atom stereocenters. The van der Waals surface area contributed by atoms with Crippen molar-refractivity contribution in [2.24, 2.45) is 0 Å². The Morgan fingerprint density at radius 2 is 1.81 bits per heavy atom. The molecule has 0 spiro atoms. The summed E-state index contributed by atoms with van der Waals surface area (Å²) in [5, 5.41) is 0.756. The minimum Gasteiger partial charge on any atom is -0.383 e. The molecule has 0 aliphatic rings. The maximum atomic E-state index is 6.16. The Morgan fingerprint density at radius 1 is 0.963 bits per heavy atom. The van der Waals surface area contributed by atoms with Crippen molar-refractivity contribution < 1.29 is 0 Å². The minimum atomic E-state index is 0.383. The molecule has 27 heavy (non-hydrogen) atoms. The quantitative estimate of drug-likeness (QED) is 0.492. The Bertz CT molecular complexity index is 1120. The van der Waals surface area contributed by atoms with Gasteiger partial charge in [0, 0.05) is 21.9 Å². The van der Waals surface area contributed by atoms with E-state index in [2.05, 4.69) is 44.7 Å². The van der Waals surface area contributed by atoms with Gasteiger partial charge in [-0.25, -0.2) is 15.0 Å². The predicted molar refractivity (Wildman–Crippen MR) is 112 cm³/mol. The Labute approximate surface area is 165 Å². The number of benzene rings is 1. The average Bonchev–Trinajstić information content (AvgIpc) is 2.67. The van der Waals surface area contributed by atoms with Crippen molar-refractivity contribution in [1.82, 2.24) is 19.9 Å². The first-order chi connectivity index (χ1) is 13.0. The van der Waals surface area contributed by atoms with E-state index in [0.29, 0.717) is 17.4 Å². The zero-order valence-electron chi connectivity index (χ0n) is 15.0. The van der Waals surface area contributed by atoms with Crippen molar-refractivity contribution in [3.05, 3.63) is 65.2 Å². The third-order valence-corrected chi connectivity index (χ3v) is 4.94. The fourth-order valence-electron chi connectivity index (χ4n) is 3.02. The number of fused-ring (bicyclic) bond motifs is 1. The molecule has 0 radical (unpaired) electrons. The zero-order valence-corrected chi connectivity index (χ0v) is 16.6. The molecule has 0 fully saturated rings. The third kappa shape index (κ3) is 3.40. The molecule has 3 heterocycles. The summed E-state index contributed by atoms with van der Waals surface area (Å²) in [5.41, 5.74) is 11.5. The van der Waals surface area contributed by atoms with Crippen molar-refractivity contribution in [2.45, 2.75) is 19.8 Å². The summed E-state index contributed by atoms with van der Waals surface area (Å²) in [6.07, 6.45) is 3.30. The summed E-state index contributed by atoms with van der Waals surface area (Å²) in [6.45, 7) is 4.25. The van der Waals surface area contributed by atoms with Crippen LogP contribution >= 0.6 is 15.9 Å². The van der Waals surface area contributed by atoms with E-state index in [9.17, 15) is 0 Å². The third-order valence-electron chi connectivity index (χ3n) is 4.44. The van der Waals surface area contributed by atoms with Gasteiger partial charge in [0.15, 0.2) is 5.65 Å². The summed E-state index contributed by atoms with van der Waals surface area (Å²) in [6, 6.07) is 14.2. The molecule has 134 valence electrons. The van der Waals surface area contributed by atoms with Crippen LogP contribution in [0.25, 0.3) is 33.4 Å². The van der Waals surface area contributed by atoms with Gasteiger partial charge in [-0.1, -0.05) is 41.9 Å². The summed E-state index contributed by atoms with van der Waals surface area (Å²) in [5.74, 6) is 0.802. The maximum Gasteiger partial charge on any atom is 0.165 e. The highest BCUT2D eigenvalue weighted by Gasteiger charge is 2.14. The first kappa shape index (κ1) is 17.5. The fourth-order valence-corrected chi connectivity index (χ4v) is 3.42. The highest BCUT2D eigenvalue weighted by atomic mass is 79.9. The van der Waals surface area contributed by atoms with E-state index in [4.69, 9.17) is 10.7 Å². The van der Waals surface area contributed by atoms with Crippen LogP contribution in [-0.4, -0.2) is 19.9 Å². The smallest absolute Gasteiger partial charge is 0.165 e. The first-order valence-corrected chi connectivity index (χ1v) is 9.45. The normalized spacial score (nSPS) is 11.3. The van der Waals surface area contributed by atoms with Crippen LogP contribution in [0.1, 0.15) is 25.5 Å². The van der Waals surface area contributed by atoms with E-state index in [1.807, 2.05) is 48.7 Å². The van der Waals surface area contributed by atoms with E-state index in [1.165, 1.54) is 6.33 Å². The highest BCUT2D eigenvalue weighted by molar-refractivity contribution is 9.10. The van der Waals surface area contributed by atoms with E-state index in [0.717, 1.165) is 37.9 Å². The monoisotopic (exact) mass is 419 g/mol. The molecule has 2 N–H and O–H groups in total. The first-order valence-electron chi connectivity index (χ1n) is 8.66. The number of rotatable bonds is 3. The van der Waals surface area contributed by atoms with Gasteiger partial charge in [-0.2, -0.15) is 0 Å². The van der Waals surface area contributed by atoms with Crippen molar-refractivity contribution in [3.8, 4) is 22.4 Å². The molecule has 1 aromatic carbocycles. The molecule has 0 saturated heterocycles. The zero-order chi connectivity index (χ0) is 19.0. The molecule has 6 heteroatoms. The van der Waals surface area contributed by atoms with Crippen molar-refractivity contribution in [1.29, 1.82) is 0 Å². The number of anilines is 1. The number of hydrogen-bond donors (Lipinski definition) is 1. The maximum absolute atomic E-state index is 6.16. The Hall–Kier alpha value is -2.86. The lowest BCUT2D eigenvalue weighted by Gasteiger charge is -2.12. The van der Waals surface area contributed by atoms with Gasteiger partial charge < -0.3 is 5.73 Å². The molecule has 3 aromatic heterocycles. The van der Waals surface area contributed by atoms with Gasteiger partial charge >= 0.3 is 0 Å². The molecule has 5 nitrogen and oxygen atoms in total. The second-order valence-corrected chi connectivity index (χ2v) is 7.57. The molecule has 0 saturated carbocycles. The number of nitrogen functional groups attached to an aromatic ring is 1. The van der Waals surface area contributed by atoms with E-state index < -0.39 is 0 Å². The van der Waals surface area contributed by atoms with Crippen LogP contribution in [0.15, 0.2) is 59.5 Å². The van der Waals surface area contributed by atoms with Gasteiger partial charge in [0.1, 0.15) is 12.1 Å². The second-order valence-electron chi connectivity index (χ2n) is 6.65. The molecule has 4 rings (SSSR count). The Kier molecular flexibility index (Phi) is 4.58. The van der Waals surface area contributed by atoms with Crippen LogP contribution in [0.3, 0.4) is 0 Å². The molecular formula is C21H18BrN5. The number of pyridine rings is 2. The SMILES string of the molecule is CC(C)c1ccc(-c2cc(-c3cccc(Br)c3)c3c(N)ncnc3n2)cn1. The number of nitrogens with two attached hydrogens (primary N) is 1. The fraction of sp³-hybridized carbons (Fsp3) is 0.143. The topological polar surface area (TPSA) is 77.6 Å². The number of aromatic nitrogens is 4. The summed E-state index contributed by atoms with van der Waals surface area (Å²) in [7, 11) is 0. The summed E-state index contributed by atoms with van der Waals surface area (Å²) >= 11 is 3.54. The van der Waals surface area contributed by atoms with E-state index >= 15 is 0 Å². The Morgan fingerprint density at radius 3 is 2.52 bits per heavy atom.